The molecule has 2 heterocycles. The van der Waals surface area contributed by atoms with Crippen molar-refractivity contribution < 1.29 is 14.7 Å². The van der Waals surface area contributed by atoms with E-state index in [9.17, 15) is 9.59 Å². The van der Waals surface area contributed by atoms with Crippen molar-refractivity contribution in [3.05, 3.63) is 24.3 Å². The molecule has 1 N–H and O–H groups in total. The van der Waals surface area contributed by atoms with Crippen molar-refractivity contribution in [2.45, 2.75) is 32.2 Å². The number of carboxylic acids is 1. The molecule has 0 saturated carbocycles. The van der Waals surface area contributed by atoms with Crippen molar-refractivity contribution >= 4 is 35.3 Å². The minimum Gasteiger partial charge on any atom is -0.481 e. The van der Waals surface area contributed by atoms with Crippen molar-refractivity contribution in [2.75, 3.05) is 13.1 Å². The molecular weight excluding hydrogens is 332 g/mol. The first-order valence-electron chi connectivity index (χ1n) is 7.91. The Kier molecular flexibility index (Phi) is 6.14. The van der Waals surface area contributed by atoms with Crippen LogP contribution in [-0.4, -0.2) is 50.0 Å². The lowest BCUT2D eigenvalue weighted by Gasteiger charge is -2.32. The second-order valence-electron chi connectivity index (χ2n) is 6.02. The predicted molar refractivity (Wildman–Crippen MR) is 90.9 cm³/mol. The Hall–Kier alpha value is -2.15. The van der Waals surface area contributed by atoms with E-state index in [2.05, 4.69) is 10.3 Å². The van der Waals surface area contributed by atoms with Crippen LogP contribution in [-0.2, 0) is 16.1 Å². The molecule has 2 aromatic rings. The number of hydrogen-bond acceptors (Lipinski definition) is 4. The van der Waals surface area contributed by atoms with Gasteiger partial charge in [0.2, 0.25) is 5.91 Å². The van der Waals surface area contributed by atoms with Gasteiger partial charge in [0.05, 0.1) is 5.52 Å². The van der Waals surface area contributed by atoms with Gasteiger partial charge in [0.25, 0.3) is 0 Å². The first kappa shape index (κ1) is 18.2. The number of amides is 1. The fourth-order valence-electron chi connectivity index (χ4n) is 3.12. The lowest BCUT2D eigenvalue weighted by Crippen LogP contribution is -2.41. The van der Waals surface area contributed by atoms with E-state index in [0.29, 0.717) is 13.0 Å². The highest BCUT2D eigenvalue weighted by Crippen LogP contribution is 2.21. The number of fused-ring (bicyclic) bond motifs is 1. The third-order valence-electron chi connectivity index (χ3n) is 4.34. The predicted octanol–water partition coefficient (Wildman–Crippen LogP) is 1.96. The molecule has 1 aliphatic rings. The van der Waals surface area contributed by atoms with Gasteiger partial charge in [-0.05, 0) is 37.3 Å². The zero-order valence-electron chi connectivity index (χ0n) is 13.3. The summed E-state index contributed by atoms with van der Waals surface area (Å²) in [6.45, 7) is 1.54. The number of likely N-dealkylation sites (tertiary alicyclic amines) is 1. The molecule has 1 aromatic heterocycles. The molecule has 1 fully saturated rings. The van der Waals surface area contributed by atoms with Crippen LogP contribution in [0.1, 0.15) is 25.7 Å². The molecule has 7 nitrogen and oxygen atoms in total. The summed E-state index contributed by atoms with van der Waals surface area (Å²) in [5.74, 6) is -0.487. The van der Waals surface area contributed by atoms with Gasteiger partial charge in [0, 0.05) is 19.5 Å². The van der Waals surface area contributed by atoms with Crippen LogP contribution >= 0.6 is 12.4 Å². The Morgan fingerprint density at radius 2 is 2.08 bits per heavy atom. The van der Waals surface area contributed by atoms with Crippen LogP contribution in [0, 0.1) is 5.92 Å². The van der Waals surface area contributed by atoms with E-state index >= 15 is 0 Å². The molecule has 24 heavy (non-hydrogen) atoms. The molecule has 1 aliphatic heterocycles. The Bertz CT molecular complexity index is 718. The number of rotatable bonds is 5. The number of para-hydroxylation sites is 1. The minimum absolute atomic E-state index is 0. The van der Waals surface area contributed by atoms with E-state index in [1.54, 1.807) is 4.68 Å². The molecule has 0 radical (unpaired) electrons. The molecule has 1 aromatic carbocycles. The van der Waals surface area contributed by atoms with Crippen LogP contribution < -0.4 is 0 Å². The van der Waals surface area contributed by atoms with Crippen LogP contribution in [0.2, 0.25) is 0 Å². The molecule has 1 saturated heterocycles. The number of carboxylic acid groups (broad SMARTS) is 1. The van der Waals surface area contributed by atoms with E-state index in [4.69, 9.17) is 5.11 Å². The number of halogens is 1. The van der Waals surface area contributed by atoms with Crippen molar-refractivity contribution in [1.82, 2.24) is 19.9 Å². The zero-order valence-corrected chi connectivity index (χ0v) is 14.1. The quantitative estimate of drug-likeness (QED) is 0.888. The number of nitrogens with zero attached hydrogens (tertiary/aromatic N) is 4. The SMILES string of the molecule is Cl.O=C(O)CCC1CCCN(C(=O)Cn2nnc3ccccc32)C1. The Balaban J connectivity index is 0.00000208. The molecule has 0 spiro atoms. The van der Waals surface area contributed by atoms with Crippen molar-refractivity contribution in [2.24, 2.45) is 5.92 Å². The maximum absolute atomic E-state index is 12.5. The number of carbonyl (C=O) groups excluding carboxylic acids is 1. The third-order valence-corrected chi connectivity index (χ3v) is 4.34. The molecule has 1 amide bonds. The Morgan fingerprint density at radius 3 is 2.88 bits per heavy atom. The molecule has 1 atom stereocenters. The molecule has 1 unspecified atom stereocenters. The number of carbonyl (C=O) groups is 2. The van der Waals surface area contributed by atoms with Crippen LogP contribution in [0.4, 0.5) is 0 Å². The molecular formula is C16H21ClN4O3. The second-order valence-corrected chi connectivity index (χ2v) is 6.02. The normalized spacial score (nSPS) is 17.5. The first-order chi connectivity index (χ1) is 11.1. The van der Waals surface area contributed by atoms with Crippen molar-refractivity contribution in [3.63, 3.8) is 0 Å². The number of aliphatic carboxylic acids is 1. The lowest BCUT2D eigenvalue weighted by molar-refractivity contribution is -0.137. The standard InChI is InChI=1S/C16H20N4O3.ClH/c21-15(11-20-14-6-2-1-5-13(14)17-18-20)19-9-3-4-12(10-19)7-8-16(22)23;/h1-2,5-6,12H,3-4,7-11H2,(H,22,23);1H. The van der Waals surface area contributed by atoms with E-state index in [1.807, 2.05) is 29.2 Å². The highest BCUT2D eigenvalue weighted by molar-refractivity contribution is 5.85. The van der Waals surface area contributed by atoms with Gasteiger partial charge < -0.3 is 10.0 Å². The summed E-state index contributed by atoms with van der Waals surface area (Å²) in [6.07, 6.45) is 2.71. The smallest absolute Gasteiger partial charge is 0.303 e. The van der Waals surface area contributed by atoms with E-state index in [0.717, 1.165) is 30.4 Å². The van der Waals surface area contributed by atoms with Gasteiger partial charge in [-0.15, -0.1) is 17.5 Å². The van der Waals surface area contributed by atoms with Gasteiger partial charge in [0.15, 0.2) is 0 Å². The fourth-order valence-corrected chi connectivity index (χ4v) is 3.12. The second kappa shape index (κ2) is 8.10. The van der Waals surface area contributed by atoms with Gasteiger partial charge in [-0.25, -0.2) is 4.68 Å². The summed E-state index contributed by atoms with van der Waals surface area (Å²) >= 11 is 0. The summed E-state index contributed by atoms with van der Waals surface area (Å²) in [4.78, 5) is 25.0. The van der Waals surface area contributed by atoms with Crippen LogP contribution in [0.25, 0.3) is 11.0 Å². The monoisotopic (exact) mass is 352 g/mol. The van der Waals surface area contributed by atoms with Crippen LogP contribution in [0.3, 0.4) is 0 Å². The molecule has 0 bridgehead atoms. The van der Waals surface area contributed by atoms with E-state index in [-0.39, 0.29) is 37.2 Å². The average molecular weight is 353 g/mol. The summed E-state index contributed by atoms with van der Waals surface area (Å²) in [5.41, 5.74) is 1.62. The number of hydrogen-bond donors (Lipinski definition) is 1. The third kappa shape index (κ3) is 4.23. The summed E-state index contributed by atoms with van der Waals surface area (Å²) in [5, 5.41) is 16.9. The van der Waals surface area contributed by atoms with E-state index < -0.39 is 5.97 Å². The first-order valence-corrected chi connectivity index (χ1v) is 7.91. The molecule has 0 aliphatic carbocycles. The molecule has 3 rings (SSSR count). The fraction of sp³-hybridized carbons (Fsp3) is 0.500. The highest BCUT2D eigenvalue weighted by Gasteiger charge is 2.24. The summed E-state index contributed by atoms with van der Waals surface area (Å²) in [6, 6.07) is 7.55. The zero-order chi connectivity index (χ0) is 16.2. The Morgan fingerprint density at radius 1 is 1.29 bits per heavy atom. The lowest BCUT2D eigenvalue weighted by atomic mass is 9.93. The number of aromatic nitrogens is 3. The van der Waals surface area contributed by atoms with Crippen molar-refractivity contribution in [1.29, 1.82) is 0 Å². The highest BCUT2D eigenvalue weighted by atomic mass is 35.5. The minimum atomic E-state index is -0.775. The van der Waals surface area contributed by atoms with Gasteiger partial charge in [-0.3, -0.25) is 9.59 Å². The topological polar surface area (TPSA) is 88.3 Å². The largest absolute Gasteiger partial charge is 0.481 e. The average Bonchev–Trinajstić information content (AvgIpc) is 2.96. The Labute approximate surface area is 146 Å². The number of benzene rings is 1. The van der Waals surface area contributed by atoms with Gasteiger partial charge in [-0.2, -0.15) is 0 Å². The maximum atomic E-state index is 12.5. The van der Waals surface area contributed by atoms with Crippen LogP contribution in [0.5, 0.6) is 0 Å². The van der Waals surface area contributed by atoms with Gasteiger partial charge in [0.1, 0.15) is 12.1 Å². The van der Waals surface area contributed by atoms with Crippen molar-refractivity contribution in [3.8, 4) is 0 Å². The molecule has 130 valence electrons. The van der Waals surface area contributed by atoms with Gasteiger partial charge in [-0.1, -0.05) is 17.3 Å². The maximum Gasteiger partial charge on any atom is 0.303 e. The number of piperidine rings is 1. The summed E-state index contributed by atoms with van der Waals surface area (Å²) < 4.78 is 1.62. The molecule has 8 heteroatoms. The van der Waals surface area contributed by atoms with Gasteiger partial charge >= 0.3 is 5.97 Å². The van der Waals surface area contributed by atoms with E-state index in [1.165, 1.54) is 0 Å². The van der Waals surface area contributed by atoms with Crippen LogP contribution in [0.15, 0.2) is 24.3 Å². The summed E-state index contributed by atoms with van der Waals surface area (Å²) in [7, 11) is 0.